The van der Waals surface area contributed by atoms with Gasteiger partial charge >= 0.3 is 5.69 Å². The number of hydrogen-bond donors (Lipinski definition) is 2. The second-order valence-corrected chi connectivity index (χ2v) is 6.66. The van der Waals surface area contributed by atoms with E-state index in [-0.39, 0.29) is 11.7 Å². The summed E-state index contributed by atoms with van der Waals surface area (Å²) in [5.41, 5.74) is 7.01. The highest BCUT2D eigenvalue weighted by Crippen LogP contribution is 2.32. The molecular formula is C14H19BrN4OS. The van der Waals surface area contributed by atoms with E-state index in [0.29, 0.717) is 11.7 Å². The van der Waals surface area contributed by atoms with Gasteiger partial charge in [0.25, 0.3) is 0 Å². The molecule has 1 aromatic heterocycles. The van der Waals surface area contributed by atoms with Gasteiger partial charge in [-0.15, -0.1) is 5.10 Å². The predicted molar refractivity (Wildman–Crippen MR) is 88.8 cm³/mol. The van der Waals surface area contributed by atoms with E-state index < -0.39 is 0 Å². The Morgan fingerprint density at radius 1 is 1.48 bits per heavy atom. The van der Waals surface area contributed by atoms with Gasteiger partial charge in [-0.25, -0.2) is 9.89 Å². The molecule has 2 rings (SSSR count). The maximum atomic E-state index is 11.6. The zero-order valence-corrected chi connectivity index (χ0v) is 14.5. The first-order valence-corrected chi connectivity index (χ1v) is 8.53. The highest BCUT2D eigenvalue weighted by Gasteiger charge is 2.11. The molecule has 0 saturated heterocycles. The molecule has 5 nitrogen and oxygen atoms in total. The largest absolute Gasteiger partial charge is 0.343 e. The summed E-state index contributed by atoms with van der Waals surface area (Å²) in [6.07, 6.45) is 1.83. The summed E-state index contributed by atoms with van der Waals surface area (Å²) >= 11 is 5.04. The van der Waals surface area contributed by atoms with Gasteiger partial charge in [-0.2, -0.15) is 0 Å². The molecule has 21 heavy (non-hydrogen) atoms. The van der Waals surface area contributed by atoms with Crippen LogP contribution in [0.2, 0.25) is 0 Å². The Morgan fingerprint density at radius 3 is 2.86 bits per heavy atom. The third-order valence-electron chi connectivity index (χ3n) is 3.26. The van der Waals surface area contributed by atoms with Gasteiger partial charge in [0.05, 0.1) is 0 Å². The Morgan fingerprint density at radius 2 is 2.24 bits per heavy atom. The lowest BCUT2D eigenvalue weighted by molar-refractivity contribution is 0.646. The Bertz CT molecular complexity index is 667. The van der Waals surface area contributed by atoms with Crippen LogP contribution in [-0.2, 0) is 13.0 Å². The molecule has 7 heteroatoms. The predicted octanol–water partition coefficient (Wildman–Crippen LogP) is 2.78. The number of hydrogen-bond acceptors (Lipinski definition) is 4. The molecule has 0 aliphatic heterocycles. The highest BCUT2D eigenvalue weighted by molar-refractivity contribution is 9.10. The molecule has 3 N–H and O–H groups in total. The molecule has 0 bridgehead atoms. The van der Waals surface area contributed by atoms with Crippen LogP contribution in [0.25, 0.3) is 0 Å². The second kappa shape index (κ2) is 7.29. The van der Waals surface area contributed by atoms with Crippen LogP contribution in [0.5, 0.6) is 0 Å². The number of H-pyrrole nitrogens is 1. The summed E-state index contributed by atoms with van der Waals surface area (Å²) in [7, 11) is 0. The van der Waals surface area contributed by atoms with E-state index in [4.69, 9.17) is 5.73 Å². The molecule has 1 aromatic carbocycles. The van der Waals surface area contributed by atoms with Crippen molar-refractivity contribution in [2.45, 2.75) is 49.3 Å². The molecular weight excluding hydrogens is 352 g/mol. The molecule has 114 valence electrons. The van der Waals surface area contributed by atoms with Crippen molar-refractivity contribution in [3.05, 3.63) is 38.7 Å². The number of benzene rings is 1. The molecule has 1 unspecified atom stereocenters. The van der Waals surface area contributed by atoms with Gasteiger partial charge in [-0.05, 0) is 65.2 Å². The summed E-state index contributed by atoms with van der Waals surface area (Å²) in [5.74, 6) is 0. The number of rotatable bonds is 6. The zero-order chi connectivity index (χ0) is 15.4. The number of nitrogens with zero attached hydrogens (tertiary/aromatic N) is 2. The molecule has 1 heterocycles. The molecule has 2 aromatic rings. The number of halogens is 1. The third kappa shape index (κ3) is 3.99. The van der Waals surface area contributed by atoms with E-state index in [1.807, 2.05) is 13.0 Å². The van der Waals surface area contributed by atoms with Crippen molar-refractivity contribution in [1.29, 1.82) is 0 Å². The lowest BCUT2D eigenvalue weighted by Gasteiger charge is -2.10. The quantitative estimate of drug-likeness (QED) is 0.819. The van der Waals surface area contributed by atoms with Crippen molar-refractivity contribution >= 4 is 27.7 Å². The standard InChI is InChI=1S/C14H19BrN4OS/c1-3-10(16)7-9-5-6-12(11(15)8-9)21-14-18-17-13(20)19(14)4-2/h5-6,8,10H,3-4,7,16H2,1-2H3,(H,17,20). The van der Waals surface area contributed by atoms with E-state index in [2.05, 4.69) is 45.2 Å². The highest BCUT2D eigenvalue weighted by atomic mass is 79.9. The summed E-state index contributed by atoms with van der Waals surface area (Å²) in [5, 5.41) is 7.20. The Hall–Kier alpha value is -1.05. The van der Waals surface area contributed by atoms with Crippen LogP contribution >= 0.6 is 27.7 Å². The SMILES string of the molecule is CCC(N)Cc1ccc(Sc2n[nH]c(=O)n2CC)c(Br)c1. The Balaban J connectivity index is 2.19. The van der Waals surface area contributed by atoms with E-state index in [1.54, 1.807) is 4.57 Å². The maximum absolute atomic E-state index is 11.6. The summed E-state index contributed by atoms with van der Waals surface area (Å²) in [6.45, 7) is 4.61. The van der Waals surface area contributed by atoms with Crippen LogP contribution < -0.4 is 11.4 Å². The number of aromatic nitrogens is 3. The smallest absolute Gasteiger partial charge is 0.327 e. The molecule has 0 aliphatic rings. The van der Waals surface area contributed by atoms with Gasteiger partial charge in [-0.1, -0.05) is 13.0 Å². The number of aromatic amines is 1. The minimum Gasteiger partial charge on any atom is -0.327 e. The molecule has 0 saturated carbocycles. The minimum atomic E-state index is -0.179. The molecule has 1 atom stereocenters. The number of nitrogens with two attached hydrogens (primary N) is 1. The molecule has 0 fully saturated rings. The van der Waals surface area contributed by atoms with Crippen molar-refractivity contribution in [2.75, 3.05) is 0 Å². The third-order valence-corrected chi connectivity index (χ3v) is 5.25. The van der Waals surface area contributed by atoms with Crippen molar-refractivity contribution in [2.24, 2.45) is 5.73 Å². The van der Waals surface area contributed by atoms with Crippen LogP contribution in [-0.4, -0.2) is 20.8 Å². The van der Waals surface area contributed by atoms with E-state index in [9.17, 15) is 4.79 Å². The fourth-order valence-corrected chi connectivity index (χ4v) is 3.53. The average Bonchev–Trinajstić information content (AvgIpc) is 2.81. The second-order valence-electron chi connectivity index (χ2n) is 4.79. The fourth-order valence-electron chi connectivity index (χ4n) is 1.96. The van der Waals surface area contributed by atoms with Gasteiger partial charge in [-0.3, -0.25) is 4.57 Å². The minimum absolute atomic E-state index is 0.179. The average molecular weight is 371 g/mol. The molecule has 0 spiro atoms. The lowest BCUT2D eigenvalue weighted by Crippen LogP contribution is -2.21. The monoisotopic (exact) mass is 370 g/mol. The van der Waals surface area contributed by atoms with Crippen molar-refractivity contribution in [3.63, 3.8) is 0 Å². The first kappa shape index (κ1) is 16.3. The van der Waals surface area contributed by atoms with Gasteiger partial charge in [0.1, 0.15) is 0 Å². The summed E-state index contributed by atoms with van der Waals surface area (Å²) in [4.78, 5) is 12.6. The molecule has 0 amide bonds. The van der Waals surface area contributed by atoms with E-state index >= 15 is 0 Å². The zero-order valence-electron chi connectivity index (χ0n) is 12.1. The molecule has 0 aliphatic carbocycles. The Labute approximate surface area is 136 Å². The maximum Gasteiger partial charge on any atom is 0.343 e. The van der Waals surface area contributed by atoms with E-state index in [1.165, 1.54) is 17.3 Å². The van der Waals surface area contributed by atoms with Crippen LogP contribution in [0.15, 0.2) is 37.5 Å². The number of nitrogens with one attached hydrogen (secondary N) is 1. The van der Waals surface area contributed by atoms with Gasteiger partial charge in [0.2, 0.25) is 0 Å². The van der Waals surface area contributed by atoms with Gasteiger partial charge < -0.3 is 5.73 Å². The van der Waals surface area contributed by atoms with Gasteiger partial charge in [0, 0.05) is 22.0 Å². The molecule has 0 radical (unpaired) electrons. The summed E-state index contributed by atoms with van der Waals surface area (Å²) < 4.78 is 2.60. The van der Waals surface area contributed by atoms with Crippen molar-refractivity contribution in [3.8, 4) is 0 Å². The van der Waals surface area contributed by atoms with Crippen molar-refractivity contribution in [1.82, 2.24) is 14.8 Å². The summed E-state index contributed by atoms with van der Waals surface area (Å²) in [6, 6.07) is 6.38. The van der Waals surface area contributed by atoms with Gasteiger partial charge in [0.15, 0.2) is 5.16 Å². The van der Waals surface area contributed by atoms with Crippen LogP contribution in [0.4, 0.5) is 0 Å². The Kier molecular flexibility index (Phi) is 5.66. The fraction of sp³-hybridized carbons (Fsp3) is 0.429. The van der Waals surface area contributed by atoms with Crippen molar-refractivity contribution < 1.29 is 0 Å². The lowest BCUT2D eigenvalue weighted by atomic mass is 10.1. The first-order chi connectivity index (χ1) is 10.0. The van der Waals surface area contributed by atoms with E-state index in [0.717, 1.165) is 22.2 Å². The van der Waals surface area contributed by atoms with Crippen LogP contribution in [0.3, 0.4) is 0 Å². The van der Waals surface area contributed by atoms with Crippen LogP contribution in [0.1, 0.15) is 25.8 Å². The topological polar surface area (TPSA) is 76.7 Å². The van der Waals surface area contributed by atoms with Crippen LogP contribution in [0, 0.1) is 0 Å². The normalized spacial score (nSPS) is 12.6. The first-order valence-electron chi connectivity index (χ1n) is 6.92.